The molecule has 0 atom stereocenters. The maximum Gasteiger partial charge on any atom is 0.190 e. The standard InChI is InChI=1S/C22H21FN4S/c1-17-7-9-18(10-8-17)25-22-27(13-4-12-26-14-11-24-16-26)21(15-28-22)19-5-2-3-6-20(19)23/h2-3,5-11,14-16H,4,12-13H2,1H3. The minimum absolute atomic E-state index is 0.217. The van der Waals surface area contributed by atoms with Crippen molar-refractivity contribution in [3.63, 3.8) is 0 Å². The van der Waals surface area contributed by atoms with Crippen LogP contribution < -0.4 is 4.80 Å². The second kappa shape index (κ2) is 8.35. The molecule has 0 bridgehead atoms. The van der Waals surface area contributed by atoms with Crippen LogP contribution in [0, 0.1) is 12.7 Å². The van der Waals surface area contributed by atoms with Crippen molar-refractivity contribution >= 4 is 17.0 Å². The van der Waals surface area contributed by atoms with Crippen LogP contribution in [0.3, 0.4) is 0 Å². The van der Waals surface area contributed by atoms with Gasteiger partial charge in [-0.05, 0) is 37.6 Å². The van der Waals surface area contributed by atoms with E-state index in [1.165, 1.54) is 23.0 Å². The summed E-state index contributed by atoms with van der Waals surface area (Å²) in [6.45, 7) is 3.65. The molecule has 0 unspecified atom stereocenters. The predicted octanol–water partition coefficient (Wildman–Crippen LogP) is 5.18. The summed E-state index contributed by atoms with van der Waals surface area (Å²) >= 11 is 1.54. The first-order valence-electron chi connectivity index (χ1n) is 9.21. The monoisotopic (exact) mass is 392 g/mol. The van der Waals surface area contributed by atoms with Crippen LogP contribution in [0.2, 0.25) is 0 Å². The highest BCUT2D eigenvalue weighted by Gasteiger charge is 2.12. The first-order valence-corrected chi connectivity index (χ1v) is 10.1. The Bertz CT molecular complexity index is 1110. The van der Waals surface area contributed by atoms with Crippen LogP contribution in [0.1, 0.15) is 12.0 Å². The van der Waals surface area contributed by atoms with Crippen molar-refractivity contribution in [2.24, 2.45) is 4.99 Å². The molecule has 0 saturated carbocycles. The molecule has 6 heteroatoms. The molecule has 2 aromatic heterocycles. The molecular weight excluding hydrogens is 371 g/mol. The Kier molecular flexibility index (Phi) is 5.48. The smallest absolute Gasteiger partial charge is 0.190 e. The normalized spacial score (nSPS) is 11.9. The lowest BCUT2D eigenvalue weighted by atomic mass is 10.1. The van der Waals surface area contributed by atoms with E-state index in [9.17, 15) is 4.39 Å². The Hall–Kier alpha value is -2.99. The van der Waals surface area contributed by atoms with E-state index in [1.807, 2.05) is 58.9 Å². The fraction of sp³-hybridized carbons (Fsp3) is 0.182. The highest BCUT2D eigenvalue weighted by atomic mass is 32.1. The first-order chi connectivity index (χ1) is 13.7. The lowest BCUT2D eigenvalue weighted by Gasteiger charge is -2.10. The van der Waals surface area contributed by atoms with Gasteiger partial charge < -0.3 is 9.13 Å². The van der Waals surface area contributed by atoms with Crippen LogP contribution in [0.4, 0.5) is 10.1 Å². The molecule has 0 radical (unpaired) electrons. The van der Waals surface area contributed by atoms with Crippen molar-refractivity contribution in [3.8, 4) is 11.3 Å². The van der Waals surface area contributed by atoms with Crippen LogP contribution >= 0.6 is 11.3 Å². The van der Waals surface area contributed by atoms with Gasteiger partial charge in [-0.3, -0.25) is 0 Å². The van der Waals surface area contributed by atoms with Gasteiger partial charge in [-0.2, -0.15) is 0 Å². The average Bonchev–Trinajstić information content (AvgIpc) is 3.35. The molecule has 0 amide bonds. The molecule has 4 aromatic rings. The van der Waals surface area contributed by atoms with Gasteiger partial charge in [0.2, 0.25) is 0 Å². The van der Waals surface area contributed by atoms with Crippen molar-refractivity contribution in [1.29, 1.82) is 0 Å². The third-order valence-electron chi connectivity index (χ3n) is 4.56. The Morgan fingerprint density at radius 1 is 1.07 bits per heavy atom. The SMILES string of the molecule is Cc1ccc(N=c2scc(-c3ccccc3F)n2CCCn2ccnc2)cc1. The maximum atomic E-state index is 14.4. The second-order valence-corrected chi connectivity index (χ2v) is 7.47. The molecule has 0 saturated heterocycles. The van der Waals surface area contributed by atoms with E-state index in [0.717, 1.165) is 35.7 Å². The van der Waals surface area contributed by atoms with Gasteiger partial charge in [0, 0.05) is 36.4 Å². The summed E-state index contributed by atoms with van der Waals surface area (Å²) in [6, 6.07) is 15.0. The van der Waals surface area contributed by atoms with Crippen LogP contribution in [-0.2, 0) is 13.1 Å². The minimum Gasteiger partial charge on any atom is -0.337 e. The molecule has 4 rings (SSSR count). The highest BCUT2D eigenvalue weighted by Crippen LogP contribution is 2.24. The molecule has 0 aliphatic carbocycles. The molecule has 0 spiro atoms. The van der Waals surface area contributed by atoms with Crippen molar-refractivity contribution in [2.45, 2.75) is 26.4 Å². The van der Waals surface area contributed by atoms with Crippen LogP contribution in [0.5, 0.6) is 0 Å². The minimum atomic E-state index is -0.217. The quantitative estimate of drug-likeness (QED) is 0.445. The topological polar surface area (TPSA) is 35.1 Å². The van der Waals surface area contributed by atoms with E-state index in [-0.39, 0.29) is 5.82 Å². The molecular formula is C22H21FN4S. The van der Waals surface area contributed by atoms with Gasteiger partial charge in [0.05, 0.1) is 17.7 Å². The van der Waals surface area contributed by atoms with Gasteiger partial charge in [0.15, 0.2) is 4.80 Å². The van der Waals surface area contributed by atoms with Gasteiger partial charge >= 0.3 is 0 Å². The van der Waals surface area contributed by atoms with Gasteiger partial charge in [0.1, 0.15) is 5.82 Å². The van der Waals surface area contributed by atoms with Gasteiger partial charge in [0.25, 0.3) is 0 Å². The summed E-state index contributed by atoms with van der Waals surface area (Å²) in [4.78, 5) is 9.77. The fourth-order valence-corrected chi connectivity index (χ4v) is 4.03. The summed E-state index contributed by atoms with van der Waals surface area (Å²) in [5, 5.41) is 1.99. The maximum absolute atomic E-state index is 14.4. The lowest BCUT2D eigenvalue weighted by Crippen LogP contribution is -2.17. The summed E-state index contributed by atoms with van der Waals surface area (Å²) in [5.41, 5.74) is 3.56. The Morgan fingerprint density at radius 2 is 1.89 bits per heavy atom. The summed E-state index contributed by atoms with van der Waals surface area (Å²) in [5.74, 6) is -0.217. The number of thiazole rings is 1. The predicted molar refractivity (Wildman–Crippen MR) is 111 cm³/mol. The molecule has 0 N–H and O–H groups in total. The van der Waals surface area contributed by atoms with Crippen LogP contribution in [0.25, 0.3) is 11.3 Å². The largest absolute Gasteiger partial charge is 0.337 e. The van der Waals surface area contributed by atoms with E-state index in [2.05, 4.69) is 16.5 Å². The number of aryl methyl sites for hydroxylation is 2. The van der Waals surface area contributed by atoms with Gasteiger partial charge in [-0.1, -0.05) is 29.8 Å². The number of rotatable bonds is 6. The van der Waals surface area contributed by atoms with E-state index in [0.29, 0.717) is 5.56 Å². The third kappa shape index (κ3) is 4.12. The molecule has 0 fully saturated rings. The molecule has 0 aliphatic rings. The van der Waals surface area contributed by atoms with Crippen molar-refractivity contribution in [1.82, 2.24) is 14.1 Å². The summed E-state index contributed by atoms with van der Waals surface area (Å²) < 4.78 is 18.6. The molecule has 2 heterocycles. The van der Waals surface area contributed by atoms with Gasteiger partial charge in [-0.15, -0.1) is 11.3 Å². The molecule has 142 valence electrons. The van der Waals surface area contributed by atoms with E-state index < -0.39 is 0 Å². The Morgan fingerprint density at radius 3 is 2.64 bits per heavy atom. The zero-order chi connectivity index (χ0) is 19.3. The fourth-order valence-electron chi connectivity index (χ4n) is 3.08. The highest BCUT2D eigenvalue weighted by molar-refractivity contribution is 7.07. The number of aromatic nitrogens is 3. The summed E-state index contributed by atoms with van der Waals surface area (Å²) in [7, 11) is 0. The lowest BCUT2D eigenvalue weighted by molar-refractivity contribution is 0.557. The van der Waals surface area contributed by atoms with Crippen LogP contribution in [0.15, 0.2) is 77.6 Å². The Labute approximate surface area is 167 Å². The van der Waals surface area contributed by atoms with E-state index in [1.54, 1.807) is 12.3 Å². The number of hydrogen-bond donors (Lipinski definition) is 0. The number of hydrogen-bond acceptors (Lipinski definition) is 3. The molecule has 28 heavy (non-hydrogen) atoms. The zero-order valence-corrected chi connectivity index (χ0v) is 16.4. The molecule has 0 aliphatic heterocycles. The molecule has 2 aromatic carbocycles. The molecule has 4 nitrogen and oxygen atoms in total. The van der Waals surface area contributed by atoms with Gasteiger partial charge in [-0.25, -0.2) is 14.4 Å². The second-order valence-electron chi connectivity index (χ2n) is 6.64. The van der Waals surface area contributed by atoms with Crippen LogP contribution in [-0.4, -0.2) is 14.1 Å². The third-order valence-corrected chi connectivity index (χ3v) is 5.43. The van der Waals surface area contributed by atoms with Crippen molar-refractivity contribution < 1.29 is 4.39 Å². The average molecular weight is 393 g/mol. The summed E-state index contributed by atoms with van der Waals surface area (Å²) in [6.07, 6.45) is 6.44. The van der Waals surface area contributed by atoms with Crippen molar-refractivity contribution in [2.75, 3.05) is 0 Å². The Balaban J connectivity index is 1.71. The zero-order valence-electron chi connectivity index (χ0n) is 15.6. The first kappa shape index (κ1) is 18.4. The van der Waals surface area contributed by atoms with E-state index in [4.69, 9.17) is 4.99 Å². The number of imidazole rings is 1. The van der Waals surface area contributed by atoms with Crippen molar-refractivity contribution in [3.05, 3.63) is 88.8 Å². The van der Waals surface area contributed by atoms with E-state index >= 15 is 0 Å². The number of nitrogens with zero attached hydrogens (tertiary/aromatic N) is 4. The number of benzene rings is 2. The number of halogens is 1.